The van der Waals surface area contributed by atoms with Gasteiger partial charge in [-0.25, -0.2) is 4.98 Å². The number of halogens is 1. The quantitative estimate of drug-likeness (QED) is 0.706. The molecule has 1 rings (SSSR count). The molecule has 0 spiro atoms. The first kappa shape index (κ1) is 13.6. The third-order valence-corrected chi connectivity index (χ3v) is 1.98. The van der Waals surface area contributed by atoms with E-state index >= 15 is 0 Å². The second-order valence-corrected chi connectivity index (χ2v) is 3.47. The lowest BCUT2D eigenvalue weighted by Crippen LogP contribution is -2.08. The van der Waals surface area contributed by atoms with E-state index in [-0.39, 0.29) is 5.88 Å². The minimum absolute atomic E-state index is 0.0188. The zero-order chi connectivity index (χ0) is 12.5. The van der Waals surface area contributed by atoms with Gasteiger partial charge in [0.1, 0.15) is 0 Å². The highest BCUT2D eigenvalue weighted by molar-refractivity contribution is 5.28. The average Bonchev–Trinajstić information content (AvgIpc) is 2.35. The van der Waals surface area contributed by atoms with Crippen LogP contribution in [0.4, 0.5) is 10.3 Å². The van der Waals surface area contributed by atoms with Gasteiger partial charge in [0, 0.05) is 26.7 Å². The molecule has 0 aromatic carbocycles. The highest BCUT2D eigenvalue weighted by atomic mass is 19.1. The van der Waals surface area contributed by atoms with Crippen molar-refractivity contribution in [3.8, 4) is 5.88 Å². The van der Waals surface area contributed by atoms with E-state index in [2.05, 4.69) is 15.3 Å². The summed E-state index contributed by atoms with van der Waals surface area (Å²) in [5.41, 5.74) is 0. The molecule has 0 radical (unpaired) electrons. The van der Waals surface area contributed by atoms with E-state index in [0.717, 1.165) is 19.2 Å². The Morgan fingerprint density at radius 2 is 2.24 bits per heavy atom. The van der Waals surface area contributed by atoms with Crippen LogP contribution in [0.25, 0.3) is 0 Å². The normalized spacial score (nSPS) is 10.3. The molecule has 96 valence electrons. The van der Waals surface area contributed by atoms with Crippen LogP contribution in [0, 0.1) is 5.82 Å². The first-order valence-corrected chi connectivity index (χ1v) is 5.66. The smallest absolute Gasteiger partial charge is 0.255 e. The number of hydrogen-bond donors (Lipinski definition) is 1. The van der Waals surface area contributed by atoms with Gasteiger partial charge in [-0.05, 0) is 6.42 Å². The molecule has 0 saturated carbocycles. The first-order valence-electron chi connectivity index (χ1n) is 5.66. The fourth-order valence-electron chi connectivity index (χ4n) is 1.15. The molecule has 0 unspecified atom stereocenters. The largest absolute Gasteiger partial charge is 0.475 e. The Morgan fingerprint density at radius 1 is 1.41 bits per heavy atom. The van der Waals surface area contributed by atoms with E-state index in [1.807, 2.05) is 6.92 Å². The van der Waals surface area contributed by atoms with Gasteiger partial charge >= 0.3 is 0 Å². The van der Waals surface area contributed by atoms with Crippen molar-refractivity contribution >= 4 is 5.95 Å². The van der Waals surface area contributed by atoms with Crippen molar-refractivity contribution in [2.45, 2.75) is 19.8 Å². The molecule has 0 atom stereocenters. The molecule has 1 aromatic rings. The number of aromatic nitrogens is 2. The molecule has 0 fully saturated rings. The summed E-state index contributed by atoms with van der Waals surface area (Å²) >= 11 is 0. The molecule has 17 heavy (non-hydrogen) atoms. The van der Waals surface area contributed by atoms with Crippen LogP contribution < -0.4 is 10.1 Å². The van der Waals surface area contributed by atoms with Crippen molar-refractivity contribution in [1.29, 1.82) is 0 Å². The van der Waals surface area contributed by atoms with E-state index in [1.165, 1.54) is 0 Å². The van der Waals surface area contributed by atoms with Gasteiger partial charge < -0.3 is 14.8 Å². The van der Waals surface area contributed by atoms with Crippen molar-refractivity contribution in [3.63, 3.8) is 0 Å². The van der Waals surface area contributed by atoms with Gasteiger partial charge in [0.05, 0.1) is 12.8 Å². The number of anilines is 1. The Hall–Kier alpha value is -1.43. The van der Waals surface area contributed by atoms with Crippen LogP contribution in [0.2, 0.25) is 0 Å². The first-order chi connectivity index (χ1) is 8.27. The van der Waals surface area contributed by atoms with Gasteiger partial charge in [-0.1, -0.05) is 6.92 Å². The van der Waals surface area contributed by atoms with Gasteiger partial charge in [0.25, 0.3) is 5.88 Å². The van der Waals surface area contributed by atoms with Crippen molar-refractivity contribution < 1.29 is 13.9 Å². The zero-order valence-corrected chi connectivity index (χ0v) is 10.2. The molecule has 0 saturated heterocycles. The summed E-state index contributed by atoms with van der Waals surface area (Å²) in [6, 6.07) is 0. The molecule has 1 heterocycles. The second-order valence-electron chi connectivity index (χ2n) is 3.47. The standard InChI is InChI=1S/C11H18FN3O2/c1-3-5-13-11-14-8-9(12)10(15-11)17-7-4-6-16-2/h8H,3-7H2,1-2H3,(H,13,14,15). The minimum atomic E-state index is -0.551. The maximum atomic E-state index is 13.3. The third kappa shape index (κ3) is 4.95. The van der Waals surface area contributed by atoms with E-state index in [4.69, 9.17) is 9.47 Å². The number of rotatable bonds is 8. The monoisotopic (exact) mass is 243 g/mol. The maximum absolute atomic E-state index is 13.3. The van der Waals surface area contributed by atoms with Gasteiger partial charge in [0.15, 0.2) is 0 Å². The molecule has 0 bridgehead atoms. The van der Waals surface area contributed by atoms with E-state index in [1.54, 1.807) is 7.11 Å². The van der Waals surface area contributed by atoms with Crippen LogP contribution in [0.1, 0.15) is 19.8 Å². The van der Waals surface area contributed by atoms with E-state index in [9.17, 15) is 4.39 Å². The summed E-state index contributed by atoms with van der Waals surface area (Å²) in [4.78, 5) is 7.77. The molecular formula is C11H18FN3O2. The Bertz CT molecular complexity index is 336. The van der Waals surface area contributed by atoms with Gasteiger partial charge in [0.2, 0.25) is 11.8 Å². The predicted molar refractivity (Wildman–Crippen MR) is 62.8 cm³/mol. The summed E-state index contributed by atoms with van der Waals surface area (Å²) in [5, 5.41) is 2.97. The van der Waals surface area contributed by atoms with Crippen molar-refractivity contribution in [2.75, 3.05) is 32.2 Å². The molecule has 1 N–H and O–H groups in total. The minimum Gasteiger partial charge on any atom is -0.475 e. The summed E-state index contributed by atoms with van der Waals surface area (Å²) < 4.78 is 23.4. The number of nitrogens with one attached hydrogen (secondary N) is 1. The molecule has 0 aliphatic heterocycles. The lowest BCUT2D eigenvalue weighted by Gasteiger charge is -2.08. The maximum Gasteiger partial charge on any atom is 0.255 e. The molecule has 6 heteroatoms. The number of ether oxygens (including phenoxy) is 2. The third-order valence-electron chi connectivity index (χ3n) is 1.98. The molecule has 1 aromatic heterocycles. The number of methoxy groups -OCH3 is 1. The molecule has 0 aliphatic rings. The summed E-state index contributed by atoms with van der Waals surface area (Å²) in [6.45, 7) is 3.72. The van der Waals surface area contributed by atoms with Crippen LogP contribution >= 0.6 is 0 Å². The van der Waals surface area contributed by atoms with Crippen LogP contribution in [0.3, 0.4) is 0 Å². The van der Waals surface area contributed by atoms with Crippen LogP contribution in [0.15, 0.2) is 6.20 Å². The Balaban J connectivity index is 2.50. The van der Waals surface area contributed by atoms with E-state index < -0.39 is 5.82 Å². The lowest BCUT2D eigenvalue weighted by molar-refractivity contribution is 0.168. The van der Waals surface area contributed by atoms with Crippen LogP contribution in [-0.4, -0.2) is 36.8 Å². The highest BCUT2D eigenvalue weighted by Gasteiger charge is 2.07. The molecular weight excluding hydrogens is 225 g/mol. The van der Waals surface area contributed by atoms with Gasteiger partial charge in [-0.15, -0.1) is 0 Å². The fraction of sp³-hybridized carbons (Fsp3) is 0.636. The summed E-state index contributed by atoms with van der Waals surface area (Å²) in [7, 11) is 1.61. The van der Waals surface area contributed by atoms with E-state index in [0.29, 0.717) is 25.6 Å². The summed E-state index contributed by atoms with van der Waals surface area (Å²) in [6.07, 6.45) is 2.75. The topological polar surface area (TPSA) is 56.3 Å². The van der Waals surface area contributed by atoms with Crippen molar-refractivity contribution in [1.82, 2.24) is 9.97 Å². The molecule has 0 aliphatic carbocycles. The fourth-order valence-corrected chi connectivity index (χ4v) is 1.15. The Morgan fingerprint density at radius 3 is 2.94 bits per heavy atom. The van der Waals surface area contributed by atoms with Gasteiger partial charge in [-0.3, -0.25) is 0 Å². The van der Waals surface area contributed by atoms with Crippen LogP contribution in [0.5, 0.6) is 5.88 Å². The summed E-state index contributed by atoms with van der Waals surface area (Å²) in [5.74, 6) is -0.186. The van der Waals surface area contributed by atoms with Crippen molar-refractivity contribution in [2.24, 2.45) is 0 Å². The average molecular weight is 243 g/mol. The Labute approximate surface area is 100 Å². The highest BCUT2D eigenvalue weighted by Crippen LogP contribution is 2.14. The Kier molecular flexibility index (Phi) is 6.24. The van der Waals surface area contributed by atoms with Gasteiger partial charge in [-0.2, -0.15) is 9.37 Å². The zero-order valence-electron chi connectivity index (χ0n) is 10.2. The molecule has 0 amide bonds. The van der Waals surface area contributed by atoms with Crippen LogP contribution in [-0.2, 0) is 4.74 Å². The second kappa shape index (κ2) is 7.78. The predicted octanol–water partition coefficient (Wildman–Crippen LogP) is 1.85. The lowest BCUT2D eigenvalue weighted by atomic mass is 10.5. The number of hydrogen-bond acceptors (Lipinski definition) is 5. The van der Waals surface area contributed by atoms with Crippen molar-refractivity contribution in [3.05, 3.63) is 12.0 Å². The SMILES string of the molecule is CCCNc1ncc(F)c(OCCCOC)n1. The number of nitrogens with zero attached hydrogens (tertiary/aromatic N) is 2. The molecule has 5 nitrogen and oxygen atoms in total.